The van der Waals surface area contributed by atoms with Crippen LogP contribution in [0.1, 0.15) is 11.1 Å². The quantitative estimate of drug-likeness (QED) is 0.424. The van der Waals surface area contributed by atoms with E-state index in [0.717, 1.165) is 11.1 Å². The number of benzene rings is 2. The van der Waals surface area contributed by atoms with Crippen LogP contribution >= 0.6 is 0 Å². The van der Waals surface area contributed by atoms with Crippen LogP contribution in [0.4, 0.5) is 0 Å². The normalized spacial score (nSPS) is 13.1. The molecule has 2 aromatic carbocycles. The van der Waals surface area contributed by atoms with E-state index in [1.54, 1.807) is 0 Å². The van der Waals surface area contributed by atoms with E-state index < -0.39 is 24.0 Å². The summed E-state index contributed by atoms with van der Waals surface area (Å²) in [7, 11) is 0. The summed E-state index contributed by atoms with van der Waals surface area (Å²) in [6.07, 6.45) is 0. The number of hydrogen-bond donors (Lipinski definition) is 3. The maximum absolute atomic E-state index is 11.9. The molecule has 0 aliphatic heterocycles. The molecule has 2 aromatic rings. The molecule has 0 saturated heterocycles. The van der Waals surface area contributed by atoms with Gasteiger partial charge < -0.3 is 25.4 Å². The van der Waals surface area contributed by atoms with E-state index in [2.05, 4.69) is 0 Å². The number of carbonyl (C=O) groups is 2. The molecule has 2 rings (SSSR count). The van der Waals surface area contributed by atoms with Gasteiger partial charge >= 0.3 is 11.9 Å². The molecule has 0 aliphatic carbocycles. The van der Waals surface area contributed by atoms with Crippen LogP contribution in [-0.4, -0.2) is 65.4 Å². The number of ether oxygens (including phenoxy) is 2. The molecular formula is C22H28N2O6. The highest BCUT2D eigenvalue weighted by atomic mass is 16.5. The molecule has 0 spiro atoms. The number of carboxylic acids is 2. The molecule has 0 fully saturated rings. The third-order valence-electron chi connectivity index (χ3n) is 4.53. The van der Waals surface area contributed by atoms with Gasteiger partial charge in [0.15, 0.2) is 0 Å². The molecule has 0 radical (unpaired) electrons. The summed E-state index contributed by atoms with van der Waals surface area (Å²) in [5.41, 5.74) is 7.43. The molecule has 0 saturated carbocycles. The van der Waals surface area contributed by atoms with Crippen molar-refractivity contribution in [2.75, 3.05) is 26.3 Å². The molecule has 0 aromatic heterocycles. The first kappa shape index (κ1) is 23.5. The number of nitrogens with zero attached hydrogens (tertiary/aromatic N) is 1. The van der Waals surface area contributed by atoms with Crippen LogP contribution in [0.5, 0.6) is 0 Å². The molecule has 0 amide bonds. The fourth-order valence-corrected chi connectivity index (χ4v) is 3.02. The van der Waals surface area contributed by atoms with Crippen molar-refractivity contribution >= 4 is 11.9 Å². The van der Waals surface area contributed by atoms with Gasteiger partial charge in [-0.15, -0.1) is 0 Å². The summed E-state index contributed by atoms with van der Waals surface area (Å²) < 4.78 is 11.2. The Morgan fingerprint density at radius 3 is 1.53 bits per heavy atom. The van der Waals surface area contributed by atoms with Crippen LogP contribution in [0.15, 0.2) is 60.7 Å². The average molecular weight is 416 g/mol. The number of nitrogens with two attached hydrogens (primary N) is 1. The zero-order chi connectivity index (χ0) is 21.8. The SMILES string of the molecule is NCCN(C(COCc1ccccc1)C(=O)O)C(COCc1ccccc1)C(=O)O. The van der Waals surface area contributed by atoms with Crippen molar-refractivity contribution in [3.63, 3.8) is 0 Å². The molecule has 0 heterocycles. The van der Waals surface area contributed by atoms with E-state index in [9.17, 15) is 19.8 Å². The Labute approximate surface area is 175 Å². The van der Waals surface area contributed by atoms with E-state index in [4.69, 9.17) is 15.2 Å². The largest absolute Gasteiger partial charge is 0.480 e. The minimum atomic E-state index is -1.18. The maximum atomic E-state index is 11.9. The molecule has 2 unspecified atom stereocenters. The Kier molecular flexibility index (Phi) is 9.96. The standard InChI is InChI=1S/C22H28N2O6/c23-11-12-24(19(21(25)26)15-29-13-17-7-3-1-4-8-17)20(22(27)28)16-30-14-18-9-5-2-6-10-18/h1-10,19-20H,11-16,23H2,(H,25,26)(H,27,28). The molecule has 4 N–H and O–H groups in total. The predicted octanol–water partition coefficient (Wildman–Crippen LogP) is 1.59. The van der Waals surface area contributed by atoms with Crippen molar-refractivity contribution in [3.05, 3.63) is 71.8 Å². The van der Waals surface area contributed by atoms with Gasteiger partial charge in [0.05, 0.1) is 26.4 Å². The van der Waals surface area contributed by atoms with Crippen molar-refractivity contribution < 1.29 is 29.3 Å². The van der Waals surface area contributed by atoms with Crippen LogP contribution in [-0.2, 0) is 32.3 Å². The topological polar surface area (TPSA) is 122 Å². The second-order valence-electron chi connectivity index (χ2n) is 6.74. The van der Waals surface area contributed by atoms with Gasteiger partial charge in [-0.1, -0.05) is 60.7 Å². The first-order chi connectivity index (χ1) is 14.5. The minimum absolute atomic E-state index is 0.0807. The van der Waals surface area contributed by atoms with Crippen molar-refractivity contribution in [2.45, 2.75) is 25.3 Å². The number of rotatable bonds is 14. The summed E-state index contributed by atoms with van der Waals surface area (Å²) in [6.45, 7) is 0.286. The van der Waals surface area contributed by atoms with Gasteiger partial charge in [0, 0.05) is 13.1 Å². The van der Waals surface area contributed by atoms with Gasteiger partial charge in [-0.2, -0.15) is 0 Å². The van der Waals surface area contributed by atoms with E-state index in [1.807, 2.05) is 60.7 Å². The van der Waals surface area contributed by atoms with Crippen molar-refractivity contribution in [2.24, 2.45) is 5.73 Å². The Balaban J connectivity index is 2.03. The lowest BCUT2D eigenvalue weighted by Crippen LogP contribution is -2.55. The summed E-state index contributed by atoms with van der Waals surface area (Å²) in [6, 6.07) is 16.3. The lowest BCUT2D eigenvalue weighted by atomic mass is 10.1. The van der Waals surface area contributed by atoms with Crippen LogP contribution in [0.25, 0.3) is 0 Å². The second-order valence-corrected chi connectivity index (χ2v) is 6.74. The average Bonchev–Trinajstić information content (AvgIpc) is 2.74. The molecule has 30 heavy (non-hydrogen) atoms. The van der Waals surface area contributed by atoms with Crippen LogP contribution in [0, 0.1) is 0 Å². The molecule has 8 heteroatoms. The van der Waals surface area contributed by atoms with Gasteiger partial charge in [-0.3, -0.25) is 14.5 Å². The highest BCUT2D eigenvalue weighted by Gasteiger charge is 2.35. The maximum Gasteiger partial charge on any atom is 0.323 e. The third kappa shape index (κ3) is 7.57. The third-order valence-corrected chi connectivity index (χ3v) is 4.53. The van der Waals surface area contributed by atoms with Crippen molar-refractivity contribution in [3.8, 4) is 0 Å². The van der Waals surface area contributed by atoms with Gasteiger partial charge in [-0.05, 0) is 11.1 Å². The lowest BCUT2D eigenvalue weighted by Gasteiger charge is -2.33. The van der Waals surface area contributed by atoms with Crippen molar-refractivity contribution in [1.29, 1.82) is 0 Å². The first-order valence-electron chi connectivity index (χ1n) is 9.67. The zero-order valence-corrected chi connectivity index (χ0v) is 16.7. The molecule has 8 nitrogen and oxygen atoms in total. The van der Waals surface area contributed by atoms with E-state index in [1.165, 1.54) is 4.90 Å². The van der Waals surface area contributed by atoms with E-state index >= 15 is 0 Å². The fourth-order valence-electron chi connectivity index (χ4n) is 3.02. The van der Waals surface area contributed by atoms with E-state index in [0.29, 0.717) is 0 Å². The van der Waals surface area contributed by atoms with E-state index in [-0.39, 0.29) is 39.5 Å². The fraction of sp³-hybridized carbons (Fsp3) is 0.364. The highest BCUT2D eigenvalue weighted by molar-refractivity contribution is 5.77. The molecule has 0 aliphatic rings. The molecule has 0 bridgehead atoms. The summed E-state index contributed by atoms with van der Waals surface area (Å²) in [4.78, 5) is 25.1. The van der Waals surface area contributed by atoms with Crippen LogP contribution in [0.3, 0.4) is 0 Å². The Bertz CT molecular complexity index is 708. The van der Waals surface area contributed by atoms with Crippen LogP contribution in [0.2, 0.25) is 0 Å². The Hall–Kier alpha value is -2.78. The second kappa shape index (κ2) is 12.7. The number of carboxylic acid groups (broad SMARTS) is 2. The summed E-state index contributed by atoms with van der Waals surface area (Å²) in [5, 5.41) is 19.4. The molecule has 162 valence electrons. The van der Waals surface area contributed by atoms with Gasteiger partial charge in [0.2, 0.25) is 0 Å². The number of hydrogen-bond acceptors (Lipinski definition) is 6. The predicted molar refractivity (Wildman–Crippen MR) is 111 cm³/mol. The Morgan fingerprint density at radius 1 is 0.800 bits per heavy atom. The lowest BCUT2D eigenvalue weighted by molar-refractivity contribution is -0.155. The van der Waals surface area contributed by atoms with Crippen molar-refractivity contribution in [1.82, 2.24) is 4.90 Å². The minimum Gasteiger partial charge on any atom is -0.480 e. The zero-order valence-electron chi connectivity index (χ0n) is 16.7. The summed E-state index contributed by atoms with van der Waals surface area (Å²) in [5.74, 6) is -2.35. The van der Waals surface area contributed by atoms with Gasteiger partial charge in [0.25, 0.3) is 0 Å². The van der Waals surface area contributed by atoms with Crippen LogP contribution < -0.4 is 5.73 Å². The molecule has 2 atom stereocenters. The van der Waals surface area contributed by atoms with Gasteiger partial charge in [-0.25, -0.2) is 0 Å². The smallest absolute Gasteiger partial charge is 0.323 e. The highest BCUT2D eigenvalue weighted by Crippen LogP contribution is 2.12. The van der Waals surface area contributed by atoms with Gasteiger partial charge in [0.1, 0.15) is 12.1 Å². The molecular weight excluding hydrogens is 388 g/mol. The Morgan fingerprint density at radius 2 is 1.20 bits per heavy atom. The summed E-state index contributed by atoms with van der Waals surface area (Å²) >= 11 is 0. The first-order valence-corrected chi connectivity index (χ1v) is 9.67. The number of aliphatic carboxylic acids is 2. The monoisotopic (exact) mass is 416 g/mol.